The first kappa shape index (κ1) is 22.1. The summed E-state index contributed by atoms with van der Waals surface area (Å²) in [6.07, 6.45) is 6.83. The van der Waals surface area contributed by atoms with Gasteiger partial charge in [0.1, 0.15) is 6.61 Å². The van der Waals surface area contributed by atoms with E-state index >= 15 is 4.39 Å². The van der Waals surface area contributed by atoms with Crippen LogP contribution in [0.3, 0.4) is 0 Å². The minimum atomic E-state index is -1.97. The molecule has 1 spiro atoms. The van der Waals surface area contributed by atoms with Gasteiger partial charge < -0.3 is 25.4 Å². The molecule has 1 amide bonds. The molecular formula is C24H32FN3O3. The fourth-order valence-corrected chi connectivity index (χ4v) is 5.12. The maximum atomic E-state index is 16.8. The fraction of sp³-hybridized carbons (Fsp3) is 0.542. The number of hydrogen-bond acceptors (Lipinski definition) is 5. The normalized spacial score (nSPS) is 35.3. The molecule has 3 aliphatic rings. The average molecular weight is 430 g/mol. The third-order valence-electron chi connectivity index (χ3n) is 6.49. The summed E-state index contributed by atoms with van der Waals surface area (Å²) in [5.41, 5.74) is 0.809. The van der Waals surface area contributed by atoms with Crippen LogP contribution in [0.15, 0.2) is 48.6 Å². The van der Waals surface area contributed by atoms with Crippen molar-refractivity contribution in [3.63, 3.8) is 0 Å². The van der Waals surface area contributed by atoms with Gasteiger partial charge in [0.05, 0.1) is 18.8 Å². The summed E-state index contributed by atoms with van der Waals surface area (Å²) in [6.45, 7) is 3.39. The SMILES string of the molecule is CNCCOC1(F)C(c2ccccc2)=CC=CC1CC1N[C@H](C)CC12COCC(=O)N2. The largest absolute Gasteiger partial charge is 0.369 e. The summed E-state index contributed by atoms with van der Waals surface area (Å²) in [5, 5.41) is 9.72. The predicted molar refractivity (Wildman–Crippen MR) is 118 cm³/mol. The number of halogens is 1. The third-order valence-corrected chi connectivity index (χ3v) is 6.49. The number of morpholine rings is 1. The van der Waals surface area contributed by atoms with Gasteiger partial charge in [-0.05, 0) is 32.4 Å². The number of rotatable bonds is 7. The predicted octanol–water partition coefficient (Wildman–Crippen LogP) is 2.18. The van der Waals surface area contributed by atoms with Crippen LogP contribution in [0.4, 0.5) is 4.39 Å². The second kappa shape index (κ2) is 9.20. The maximum Gasteiger partial charge on any atom is 0.246 e. The molecule has 0 radical (unpaired) electrons. The molecule has 31 heavy (non-hydrogen) atoms. The van der Waals surface area contributed by atoms with E-state index in [0.29, 0.717) is 25.1 Å². The highest BCUT2D eigenvalue weighted by Crippen LogP contribution is 2.45. The fourth-order valence-electron chi connectivity index (χ4n) is 5.12. The molecule has 0 bridgehead atoms. The first-order valence-corrected chi connectivity index (χ1v) is 11.0. The van der Waals surface area contributed by atoms with E-state index in [1.165, 1.54) is 0 Å². The van der Waals surface area contributed by atoms with E-state index in [1.807, 2.05) is 49.5 Å². The minimum absolute atomic E-state index is 0.0766. The van der Waals surface area contributed by atoms with Gasteiger partial charge >= 0.3 is 0 Å². The van der Waals surface area contributed by atoms with Gasteiger partial charge in [-0.2, -0.15) is 0 Å². The van der Waals surface area contributed by atoms with Gasteiger partial charge in [-0.25, -0.2) is 4.39 Å². The number of carbonyl (C=O) groups excluding carboxylic acids is 1. The van der Waals surface area contributed by atoms with Crippen LogP contribution in [0.25, 0.3) is 5.57 Å². The third kappa shape index (κ3) is 4.46. The van der Waals surface area contributed by atoms with Crippen molar-refractivity contribution in [1.82, 2.24) is 16.0 Å². The molecule has 5 atom stereocenters. The number of benzene rings is 1. The molecule has 2 fully saturated rings. The Bertz CT molecular complexity index is 846. The van der Waals surface area contributed by atoms with E-state index in [0.717, 1.165) is 12.0 Å². The van der Waals surface area contributed by atoms with Crippen LogP contribution in [0.1, 0.15) is 25.3 Å². The van der Waals surface area contributed by atoms with E-state index in [2.05, 4.69) is 22.9 Å². The van der Waals surface area contributed by atoms with Crippen LogP contribution in [-0.2, 0) is 14.3 Å². The second-order valence-electron chi connectivity index (χ2n) is 8.79. The van der Waals surface area contributed by atoms with E-state index < -0.39 is 17.3 Å². The van der Waals surface area contributed by atoms with Crippen LogP contribution >= 0.6 is 0 Å². The number of alkyl halides is 1. The van der Waals surface area contributed by atoms with E-state index in [-0.39, 0.29) is 31.2 Å². The Balaban J connectivity index is 1.62. The Morgan fingerprint density at radius 2 is 2.13 bits per heavy atom. The number of amides is 1. The molecule has 7 heteroatoms. The standard InChI is InChI=1S/C24H32FN3O3/c1-17-14-23(16-30-15-22(29)28-23)21(27-17)13-19-9-6-10-20(18-7-4-3-5-8-18)24(19,25)31-12-11-26-2/h3-10,17,19,21,26-27H,11-16H2,1-2H3,(H,28,29)/t17-,19?,21?,23?,24?/m1/s1. The number of ether oxygens (including phenoxy) is 2. The summed E-state index contributed by atoms with van der Waals surface area (Å²) in [5.74, 6) is -2.60. The molecule has 2 saturated heterocycles. The summed E-state index contributed by atoms with van der Waals surface area (Å²) in [7, 11) is 1.82. The number of hydrogen-bond donors (Lipinski definition) is 3. The molecule has 2 aliphatic heterocycles. The van der Waals surface area contributed by atoms with E-state index in [9.17, 15) is 4.79 Å². The van der Waals surface area contributed by atoms with Gasteiger partial charge in [0, 0.05) is 30.1 Å². The Morgan fingerprint density at radius 1 is 1.32 bits per heavy atom. The topological polar surface area (TPSA) is 71.6 Å². The molecule has 4 rings (SSSR count). The Morgan fingerprint density at radius 3 is 2.87 bits per heavy atom. The zero-order chi connectivity index (χ0) is 21.9. The van der Waals surface area contributed by atoms with Crippen LogP contribution in [0.2, 0.25) is 0 Å². The summed E-state index contributed by atoms with van der Waals surface area (Å²) in [6, 6.07) is 9.61. The van der Waals surface area contributed by atoms with Crippen LogP contribution in [0, 0.1) is 5.92 Å². The van der Waals surface area contributed by atoms with Gasteiger partial charge in [0.2, 0.25) is 11.8 Å². The van der Waals surface area contributed by atoms with Crippen LogP contribution < -0.4 is 16.0 Å². The second-order valence-corrected chi connectivity index (χ2v) is 8.79. The molecule has 6 nitrogen and oxygen atoms in total. The monoisotopic (exact) mass is 429 g/mol. The zero-order valence-electron chi connectivity index (χ0n) is 18.2. The molecular weight excluding hydrogens is 397 g/mol. The molecule has 1 aromatic rings. The highest BCUT2D eigenvalue weighted by atomic mass is 19.2. The quantitative estimate of drug-likeness (QED) is 0.580. The lowest BCUT2D eigenvalue weighted by atomic mass is 9.77. The lowest BCUT2D eigenvalue weighted by Crippen LogP contribution is -2.63. The van der Waals surface area contributed by atoms with Crippen molar-refractivity contribution in [3.05, 3.63) is 54.1 Å². The highest BCUT2D eigenvalue weighted by molar-refractivity contribution is 5.79. The van der Waals surface area contributed by atoms with Gasteiger partial charge in [-0.15, -0.1) is 0 Å². The number of allylic oxidation sites excluding steroid dienone is 2. The number of nitrogens with one attached hydrogen (secondary N) is 3. The van der Waals surface area contributed by atoms with Crippen molar-refractivity contribution in [2.75, 3.05) is 33.4 Å². The number of carbonyl (C=O) groups is 1. The zero-order valence-corrected chi connectivity index (χ0v) is 18.2. The van der Waals surface area contributed by atoms with Crippen molar-refractivity contribution in [2.24, 2.45) is 5.92 Å². The van der Waals surface area contributed by atoms with Crippen LogP contribution in [0.5, 0.6) is 0 Å². The highest BCUT2D eigenvalue weighted by Gasteiger charge is 2.53. The number of likely N-dealkylation sites (N-methyl/N-ethyl adjacent to an activating group) is 1. The molecule has 0 aromatic heterocycles. The summed E-state index contributed by atoms with van der Waals surface area (Å²) < 4.78 is 28.3. The van der Waals surface area contributed by atoms with Crippen molar-refractivity contribution in [3.8, 4) is 0 Å². The lowest BCUT2D eigenvalue weighted by molar-refractivity contribution is -0.138. The first-order valence-electron chi connectivity index (χ1n) is 11.0. The molecule has 168 valence electrons. The van der Waals surface area contributed by atoms with Crippen molar-refractivity contribution in [1.29, 1.82) is 0 Å². The Kier molecular flexibility index (Phi) is 6.57. The summed E-state index contributed by atoms with van der Waals surface area (Å²) >= 11 is 0. The van der Waals surface area contributed by atoms with Gasteiger partial charge in [-0.3, -0.25) is 4.79 Å². The molecule has 0 saturated carbocycles. The average Bonchev–Trinajstić information content (AvgIpc) is 3.04. The lowest BCUT2D eigenvalue weighted by Gasteiger charge is -2.42. The maximum absolute atomic E-state index is 16.8. The Hall–Kier alpha value is -2.06. The summed E-state index contributed by atoms with van der Waals surface area (Å²) in [4.78, 5) is 12.1. The van der Waals surface area contributed by atoms with E-state index in [1.54, 1.807) is 6.08 Å². The first-order chi connectivity index (χ1) is 15.0. The molecule has 1 aromatic carbocycles. The molecule has 2 heterocycles. The van der Waals surface area contributed by atoms with Gasteiger partial charge in [0.15, 0.2) is 0 Å². The molecule has 4 unspecified atom stereocenters. The Labute approximate surface area is 183 Å². The molecule has 1 aliphatic carbocycles. The van der Waals surface area contributed by atoms with Crippen molar-refractivity contribution < 1.29 is 18.7 Å². The van der Waals surface area contributed by atoms with Crippen LogP contribution in [-0.4, -0.2) is 62.8 Å². The van der Waals surface area contributed by atoms with E-state index in [4.69, 9.17) is 9.47 Å². The van der Waals surface area contributed by atoms with Crippen molar-refractivity contribution >= 4 is 11.5 Å². The molecule has 3 N–H and O–H groups in total. The van der Waals surface area contributed by atoms with Gasteiger partial charge in [-0.1, -0.05) is 48.6 Å². The van der Waals surface area contributed by atoms with Crippen molar-refractivity contribution in [2.45, 2.75) is 43.2 Å². The smallest absolute Gasteiger partial charge is 0.246 e. The van der Waals surface area contributed by atoms with Gasteiger partial charge in [0.25, 0.3) is 0 Å². The minimum Gasteiger partial charge on any atom is -0.369 e.